The van der Waals surface area contributed by atoms with E-state index >= 15 is 0 Å². The fourth-order valence-electron chi connectivity index (χ4n) is 2.61. The van der Waals surface area contributed by atoms with Gasteiger partial charge in [0.15, 0.2) is 0 Å². The van der Waals surface area contributed by atoms with Gasteiger partial charge in [0.05, 0.1) is 16.8 Å². The van der Waals surface area contributed by atoms with Crippen LogP contribution in [0.3, 0.4) is 0 Å². The van der Waals surface area contributed by atoms with Crippen molar-refractivity contribution in [3.8, 4) is 0 Å². The molecule has 1 aliphatic rings. The molecule has 2 rings (SSSR count). The number of likely N-dealkylation sites (N-methyl/N-ethyl adjacent to an activating group) is 1. The third-order valence-corrected chi connectivity index (χ3v) is 4.81. The number of hydrogen-bond acceptors (Lipinski definition) is 4. The molecule has 0 saturated heterocycles. The minimum Gasteiger partial charge on any atom is -0.380 e. The van der Waals surface area contributed by atoms with Crippen molar-refractivity contribution in [1.29, 1.82) is 0 Å². The Bertz CT molecular complexity index is 420. The van der Waals surface area contributed by atoms with E-state index in [1.165, 1.54) is 23.5 Å². The quantitative estimate of drug-likeness (QED) is 0.837. The molecule has 1 saturated carbocycles. The van der Waals surface area contributed by atoms with Crippen LogP contribution >= 0.6 is 11.3 Å². The highest BCUT2D eigenvalue weighted by atomic mass is 32.1. The number of nitrogens with zero attached hydrogens (tertiary/aromatic N) is 1. The fraction of sp³-hybridized carbons (Fsp3) is 0.812. The number of nitrogens with one attached hydrogen (secondary N) is 1. The van der Waals surface area contributed by atoms with Crippen LogP contribution in [0.4, 0.5) is 0 Å². The molecule has 1 fully saturated rings. The Morgan fingerprint density at radius 2 is 2.15 bits per heavy atom. The zero-order valence-electron chi connectivity index (χ0n) is 13.4. The van der Waals surface area contributed by atoms with Crippen LogP contribution in [0, 0.1) is 5.92 Å². The van der Waals surface area contributed by atoms with Gasteiger partial charge in [-0.15, -0.1) is 11.3 Å². The van der Waals surface area contributed by atoms with Crippen molar-refractivity contribution < 1.29 is 4.74 Å². The highest BCUT2D eigenvalue weighted by Gasteiger charge is 2.37. The normalized spacial score (nSPS) is 19.1. The summed E-state index contributed by atoms with van der Waals surface area (Å²) in [5.74, 6) is 0.742. The standard InChI is InChI=1S/C16H28N2OS/c1-6-17-12(15(19-5)11-7-8-11)9-14-18-13(10-20-14)16(2,3)4/h10-12,15,17H,6-9H2,1-5H3. The number of thiazole rings is 1. The first-order valence-corrected chi connectivity index (χ1v) is 8.54. The molecule has 0 aromatic carbocycles. The second kappa shape index (κ2) is 6.54. The molecule has 4 heteroatoms. The van der Waals surface area contributed by atoms with Gasteiger partial charge < -0.3 is 10.1 Å². The summed E-state index contributed by atoms with van der Waals surface area (Å²) < 4.78 is 5.75. The van der Waals surface area contributed by atoms with Crippen LogP contribution in [-0.4, -0.2) is 30.8 Å². The summed E-state index contributed by atoms with van der Waals surface area (Å²) >= 11 is 1.78. The molecular weight excluding hydrogens is 268 g/mol. The molecule has 114 valence electrons. The highest BCUT2D eigenvalue weighted by molar-refractivity contribution is 7.09. The van der Waals surface area contributed by atoms with E-state index in [9.17, 15) is 0 Å². The topological polar surface area (TPSA) is 34.2 Å². The molecule has 0 radical (unpaired) electrons. The summed E-state index contributed by atoms with van der Waals surface area (Å²) in [6.45, 7) is 9.80. The summed E-state index contributed by atoms with van der Waals surface area (Å²) in [7, 11) is 1.84. The van der Waals surface area contributed by atoms with Crippen LogP contribution in [-0.2, 0) is 16.6 Å². The molecule has 1 N–H and O–H groups in total. The largest absolute Gasteiger partial charge is 0.380 e. The lowest BCUT2D eigenvalue weighted by Gasteiger charge is -2.26. The molecule has 1 heterocycles. The Morgan fingerprint density at radius 3 is 2.60 bits per heavy atom. The van der Waals surface area contributed by atoms with Crippen LogP contribution in [0.15, 0.2) is 5.38 Å². The third kappa shape index (κ3) is 4.03. The van der Waals surface area contributed by atoms with Gasteiger partial charge >= 0.3 is 0 Å². The molecule has 0 aliphatic heterocycles. The van der Waals surface area contributed by atoms with Crippen LogP contribution in [0.2, 0.25) is 0 Å². The SMILES string of the molecule is CCNC(Cc1nc(C(C)(C)C)cs1)C(OC)C1CC1. The number of hydrogen-bond donors (Lipinski definition) is 1. The Hall–Kier alpha value is -0.450. The molecule has 3 nitrogen and oxygen atoms in total. The monoisotopic (exact) mass is 296 g/mol. The van der Waals surface area contributed by atoms with Gasteiger partial charge in [0.1, 0.15) is 0 Å². The Morgan fingerprint density at radius 1 is 1.45 bits per heavy atom. The van der Waals surface area contributed by atoms with E-state index in [4.69, 9.17) is 9.72 Å². The molecule has 0 bridgehead atoms. The number of ether oxygens (including phenoxy) is 1. The van der Waals surface area contributed by atoms with E-state index in [1.807, 2.05) is 7.11 Å². The maximum atomic E-state index is 5.75. The summed E-state index contributed by atoms with van der Waals surface area (Å²) in [5, 5.41) is 7.02. The van der Waals surface area contributed by atoms with Crippen LogP contribution in [0.1, 0.15) is 51.2 Å². The number of methoxy groups -OCH3 is 1. The minimum atomic E-state index is 0.138. The predicted octanol–water partition coefficient (Wildman–Crippen LogP) is 3.39. The van der Waals surface area contributed by atoms with Gasteiger partial charge in [-0.1, -0.05) is 27.7 Å². The average Bonchev–Trinajstić information content (AvgIpc) is 3.07. The highest BCUT2D eigenvalue weighted by Crippen LogP contribution is 2.36. The van der Waals surface area contributed by atoms with Crippen molar-refractivity contribution in [2.75, 3.05) is 13.7 Å². The maximum absolute atomic E-state index is 5.75. The second-order valence-corrected chi connectivity index (χ2v) is 7.73. The van der Waals surface area contributed by atoms with Gasteiger partial charge in [-0.25, -0.2) is 4.98 Å². The molecule has 1 aliphatic carbocycles. The summed E-state index contributed by atoms with van der Waals surface area (Å²) in [6.07, 6.45) is 3.93. The first-order valence-electron chi connectivity index (χ1n) is 7.66. The van der Waals surface area contributed by atoms with Crippen molar-refractivity contribution in [2.24, 2.45) is 5.92 Å². The summed E-state index contributed by atoms with van der Waals surface area (Å²) in [4.78, 5) is 4.82. The first kappa shape index (κ1) is 15.9. The smallest absolute Gasteiger partial charge is 0.0945 e. The molecule has 0 amide bonds. The first-order chi connectivity index (χ1) is 9.45. The van der Waals surface area contributed by atoms with Crippen LogP contribution in [0.5, 0.6) is 0 Å². The van der Waals surface area contributed by atoms with Gasteiger partial charge in [0.25, 0.3) is 0 Å². The number of aromatic nitrogens is 1. The lowest BCUT2D eigenvalue weighted by Crippen LogP contribution is -2.43. The van der Waals surface area contributed by atoms with Crippen molar-refractivity contribution in [3.05, 3.63) is 16.1 Å². The minimum absolute atomic E-state index is 0.138. The Kier molecular flexibility index (Phi) is 5.21. The molecule has 2 atom stereocenters. The zero-order chi connectivity index (χ0) is 14.8. The van der Waals surface area contributed by atoms with E-state index in [1.54, 1.807) is 11.3 Å². The van der Waals surface area contributed by atoms with Crippen molar-refractivity contribution in [1.82, 2.24) is 10.3 Å². The van der Waals surface area contributed by atoms with Gasteiger partial charge in [-0.3, -0.25) is 0 Å². The molecule has 20 heavy (non-hydrogen) atoms. The van der Waals surface area contributed by atoms with Gasteiger partial charge in [-0.05, 0) is 25.3 Å². The summed E-state index contributed by atoms with van der Waals surface area (Å²) in [5.41, 5.74) is 1.34. The van der Waals surface area contributed by atoms with E-state index in [0.29, 0.717) is 12.1 Å². The molecule has 0 spiro atoms. The van der Waals surface area contributed by atoms with E-state index in [2.05, 4.69) is 38.4 Å². The predicted molar refractivity (Wildman–Crippen MR) is 85.5 cm³/mol. The van der Waals surface area contributed by atoms with Crippen molar-refractivity contribution in [2.45, 2.75) is 64.5 Å². The Balaban J connectivity index is 2.05. The lowest BCUT2D eigenvalue weighted by atomic mass is 9.93. The van der Waals surface area contributed by atoms with E-state index in [0.717, 1.165) is 18.9 Å². The molecule has 1 aromatic rings. The van der Waals surface area contributed by atoms with E-state index in [-0.39, 0.29) is 5.41 Å². The lowest BCUT2D eigenvalue weighted by molar-refractivity contribution is 0.0515. The molecule has 2 unspecified atom stereocenters. The van der Waals surface area contributed by atoms with Gasteiger partial charge in [0, 0.05) is 30.4 Å². The van der Waals surface area contributed by atoms with Crippen LogP contribution in [0.25, 0.3) is 0 Å². The second-order valence-electron chi connectivity index (χ2n) is 6.78. The summed E-state index contributed by atoms with van der Waals surface area (Å²) in [6, 6.07) is 0.386. The molecule has 1 aromatic heterocycles. The zero-order valence-corrected chi connectivity index (χ0v) is 14.2. The van der Waals surface area contributed by atoms with Crippen molar-refractivity contribution in [3.63, 3.8) is 0 Å². The fourth-order valence-corrected chi connectivity index (χ4v) is 3.69. The van der Waals surface area contributed by atoms with Gasteiger partial charge in [-0.2, -0.15) is 0 Å². The Labute approximate surface area is 127 Å². The third-order valence-electron chi connectivity index (χ3n) is 3.94. The molecular formula is C16H28N2OS. The average molecular weight is 296 g/mol. The van der Waals surface area contributed by atoms with Gasteiger partial charge in [0.2, 0.25) is 0 Å². The van der Waals surface area contributed by atoms with Crippen molar-refractivity contribution >= 4 is 11.3 Å². The number of rotatable bonds is 7. The van der Waals surface area contributed by atoms with Crippen LogP contribution < -0.4 is 5.32 Å². The maximum Gasteiger partial charge on any atom is 0.0945 e. The van der Waals surface area contributed by atoms with E-state index < -0.39 is 0 Å².